The van der Waals surface area contributed by atoms with Crippen LogP contribution in [0.15, 0.2) is 45.6 Å². The molecule has 0 saturated carbocycles. The summed E-state index contributed by atoms with van der Waals surface area (Å²) < 4.78 is 10.8. The number of furan rings is 2. The molecule has 0 spiro atoms. The molecule has 2 aromatic heterocycles. The Morgan fingerprint density at radius 3 is 1.56 bits per heavy atom. The third-order valence-corrected chi connectivity index (χ3v) is 2.65. The van der Waals surface area contributed by atoms with Gasteiger partial charge in [0, 0.05) is 0 Å². The third-order valence-electron chi connectivity index (χ3n) is 2.65. The molecule has 0 aliphatic rings. The molecule has 86 valence electrons. The van der Waals surface area contributed by atoms with E-state index >= 15 is 0 Å². The zero-order chi connectivity index (χ0) is 11.4. The van der Waals surface area contributed by atoms with Crippen molar-refractivity contribution in [2.75, 3.05) is 14.1 Å². The minimum atomic E-state index is 0.0474. The fourth-order valence-corrected chi connectivity index (χ4v) is 1.88. The molecular formula is C12H16N2O2. The van der Waals surface area contributed by atoms with E-state index in [4.69, 9.17) is 8.83 Å². The summed E-state index contributed by atoms with van der Waals surface area (Å²) >= 11 is 0. The zero-order valence-electron chi connectivity index (χ0n) is 9.44. The van der Waals surface area contributed by atoms with Crippen LogP contribution in [-0.4, -0.2) is 14.1 Å². The summed E-state index contributed by atoms with van der Waals surface area (Å²) in [7, 11) is 3.81. The maximum absolute atomic E-state index is 5.42. The van der Waals surface area contributed by atoms with E-state index in [-0.39, 0.29) is 12.1 Å². The highest BCUT2D eigenvalue weighted by atomic mass is 16.3. The van der Waals surface area contributed by atoms with Gasteiger partial charge < -0.3 is 19.5 Å². The Bertz CT molecular complexity index is 354. The van der Waals surface area contributed by atoms with Crippen molar-refractivity contribution >= 4 is 0 Å². The van der Waals surface area contributed by atoms with Crippen LogP contribution in [0.5, 0.6) is 0 Å². The zero-order valence-corrected chi connectivity index (χ0v) is 9.44. The molecule has 0 radical (unpaired) electrons. The monoisotopic (exact) mass is 220 g/mol. The molecule has 4 nitrogen and oxygen atoms in total. The lowest BCUT2D eigenvalue weighted by atomic mass is 10.0. The van der Waals surface area contributed by atoms with Crippen molar-refractivity contribution in [2.24, 2.45) is 0 Å². The molecular weight excluding hydrogens is 204 g/mol. The first-order valence-electron chi connectivity index (χ1n) is 5.28. The van der Waals surface area contributed by atoms with E-state index in [2.05, 4.69) is 10.6 Å². The standard InChI is InChI=1S/C12H16N2O2/c1-13-11(9-5-3-7-15-9)12(14-2)10-6-4-8-16-10/h3-8,11-14H,1-2H3. The predicted molar refractivity (Wildman–Crippen MR) is 61.0 cm³/mol. The average Bonchev–Trinajstić information content (AvgIpc) is 2.97. The SMILES string of the molecule is CNC(c1ccco1)C(NC)c1ccco1. The van der Waals surface area contributed by atoms with Crippen LogP contribution < -0.4 is 10.6 Å². The Morgan fingerprint density at radius 1 is 0.875 bits per heavy atom. The van der Waals surface area contributed by atoms with Crippen LogP contribution in [-0.2, 0) is 0 Å². The molecule has 2 aromatic rings. The number of rotatable bonds is 5. The maximum atomic E-state index is 5.42. The average molecular weight is 220 g/mol. The molecule has 2 atom stereocenters. The highest BCUT2D eigenvalue weighted by molar-refractivity contribution is 5.14. The molecule has 0 fully saturated rings. The van der Waals surface area contributed by atoms with E-state index in [1.54, 1.807) is 12.5 Å². The summed E-state index contributed by atoms with van der Waals surface area (Å²) in [6, 6.07) is 7.77. The number of likely N-dealkylation sites (N-methyl/N-ethyl adjacent to an activating group) is 2. The van der Waals surface area contributed by atoms with E-state index in [0.29, 0.717) is 0 Å². The summed E-state index contributed by atoms with van der Waals surface area (Å²) in [5.41, 5.74) is 0. The van der Waals surface area contributed by atoms with E-state index in [0.717, 1.165) is 11.5 Å². The van der Waals surface area contributed by atoms with Gasteiger partial charge in [0.05, 0.1) is 24.6 Å². The Morgan fingerprint density at radius 2 is 1.31 bits per heavy atom. The Labute approximate surface area is 94.6 Å². The molecule has 2 unspecified atom stereocenters. The Kier molecular flexibility index (Phi) is 3.44. The van der Waals surface area contributed by atoms with Crippen molar-refractivity contribution in [1.29, 1.82) is 0 Å². The quantitative estimate of drug-likeness (QED) is 0.810. The van der Waals surface area contributed by atoms with Crippen molar-refractivity contribution in [3.63, 3.8) is 0 Å². The molecule has 16 heavy (non-hydrogen) atoms. The molecule has 2 heterocycles. The fourth-order valence-electron chi connectivity index (χ4n) is 1.88. The van der Waals surface area contributed by atoms with Crippen LogP contribution in [0.3, 0.4) is 0 Å². The Balaban J connectivity index is 2.25. The first kappa shape index (κ1) is 11.0. The molecule has 4 heteroatoms. The van der Waals surface area contributed by atoms with Gasteiger partial charge >= 0.3 is 0 Å². The van der Waals surface area contributed by atoms with Crippen molar-refractivity contribution in [2.45, 2.75) is 12.1 Å². The predicted octanol–water partition coefficient (Wildman–Crippen LogP) is 2.09. The van der Waals surface area contributed by atoms with Gasteiger partial charge in [0.15, 0.2) is 0 Å². The largest absolute Gasteiger partial charge is 0.468 e. The normalized spacial score (nSPS) is 14.9. The summed E-state index contributed by atoms with van der Waals surface area (Å²) in [6.45, 7) is 0. The molecule has 0 amide bonds. The van der Waals surface area contributed by atoms with Gasteiger partial charge in [-0.25, -0.2) is 0 Å². The van der Waals surface area contributed by atoms with Gasteiger partial charge in [0.2, 0.25) is 0 Å². The van der Waals surface area contributed by atoms with E-state index in [9.17, 15) is 0 Å². The summed E-state index contributed by atoms with van der Waals surface area (Å²) in [4.78, 5) is 0. The van der Waals surface area contributed by atoms with Crippen LogP contribution in [0.25, 0.3) is 0 Å². The lowest BCUT2D eigenvalue weighted by molar-refractivity contribution is 0.317. The van der Waals surface area contributed by atoms with Crippen molar-refractivity contribution < 1.29 is 8.83 Å². The topological polar surface area (TPSA) is 50.3 Å². The van der Waals surface area contributed by atoms with Crippen LogP contribution in [0.1, 0.15) is 23.6 Å². The highest BCUT2D eigenvalue weighted by Crippen LogP contribution is 2.28. The van der Waals surface area contributed by atoms with Crippen LogP contribution in [0, 0.1) is 0 Å². The summed E-state index contributed by atoms with van der Waals surface area (Å²) in [5, 5.41) is 6.46. The number of hydrogen-bond acceptors (Lipinski definition) is 4. The minimum absolute atomic E-state index is 0.0474. The van der Waals surface area contributed by atoms with Gasteiger partial charge in [-0.3, -0.25) is 0 Å². The van der Waals surface area contributed by atoms with Gasteiger partial charge in [0.1, 0.15) is 11.5 Å². The van der Waals surface area contributed by atoms with Gasteiger partial charge in [-0.05, 0) is 38.4 Å². The van der Waals surface area contributed by atoms with Crippen LogP contribution >= 0.6 is 0 Å². The van der Waals surface area contributed by atoms with Crippen LogP contribution in [0.4, 0.5) is 0 Å². The molecule has 0 aliphatic carbocycles. The van der Waals surface area contributed by atoms with Crippen molar-refractivity contribution in [1.82, 2.24) is 10.6 Å². The smallest absolute Gasteiger partial charge is 0.122 e. The van der Waals surface area contributed by atoms with Crippen molar-refractivity contribution in [3.05, 3.63) is 48.3 Å². The summed E-state index contributed by atoms with van der Waals surface area (Å²) in [6.07, 6.45) is 3.35. The molecule has 0 aliphatic heterocycles. The van der Waals surface area contributed by atoms with E-state index in [1.165, 1.54) is 0 Å². The van der Waals surface area contributed by atoms with Gasteiger partial charge in [-0.2, -0.15) is 0 Å². The molecule has 0 saturated heterocycles. The first-order chi connectivity index (χ1) is 7.86. The van der Waals surface area contributed by atoms with Gasteiger partial charge in [0.25, 0.3) is 0 Å². The molecule has 2 N–H and O–H groups in total. The van der Waals surface area contributed by atoms with E-state index in [1.807, 2.05) is 38.4 Å². The Hall–Kier alpha value is -1.52. The lowest BCUT2D eigenvalue weighted by Gasteiger charge is -2.23. The second-order valence-electron chi connectivity index (χ2n) is 3.56. The second kappa shape index (κ2) is 5.01. The first-order valence-corrected chi connectivity index (χ1v) is 5.28. The van der Waals surface area contributed by atoms with E-state index < -0.39 is 0 Å². The lowest BCUT2D eigenvalue weighted by Crippen LogP contribution is -2.31. The van der Waals surface area contributed by atoms with Gasteiger partial charge in [-0.15, -0.1) is 0 Å². The molecule has 0 aromatic carbocycles. The van der Waals surface area contributed by atoms with Gasteiger partial charge in [-0.1, -0.05) is 0 Å². The molecule has 0 bridgehead atoms. The van der Waals surface area contributed by atoms with Crippen LogP contribution in [0.2, 0.25) is 0 Å². The second-order valence-corrected chi connectivity index (χ2v) is 3.56. The molecule has 2 rings (SSSR count). The fraction of sp³-hybridized carbons (Fsp3) is 0.333. The number of nitrogens with one attached hydrogen (secondary N) is 2. The maximum Gasteiger partial charge on any atom is 0.122 e. The minimum Gasteiger partial charge on any atom is -0.468 e. The number of hydrogen-bond donors (Lipinski definition) is 2. The third kappa shape index (κ3) is 2.03. The van der Waals surface area contributed by atoms with Crippen molar-refractivity contribution in [3.8, 4) is 0 Å². The highest BCUT2D eigenvalue weighted by Gasteiger charge is 2.26. The summed E-state index contributed by atoms with van der Waals surface area (Å²) in [5.74, 6) is 1.77.